The summed E-state index contributed by atoms with van der Waals surface area (Å²) >= 11 is 6.19. The van der Waals surface area contributed by atoms with Gasteiger partial charge in [-0.15, -0.1) is 24.0 Å². The molecule has 1 heterocycles. The summed E-state index contributed by atoms with van der Waals surface area (Å²) in [5.41, 5.74) is 0.464. The van der Waals surface area contributed by atoms with Crippen LogP contribution in [0.25, 0.3) is 0 Å². The third kappa shape index (κ3) is 7.38. The second kappa shape index (κ2) is 10.2. The summed E-state index contributed by atoms with van der Waals surface area (Å²) in [6.45, 7) is 7.71. The van der Waals surface area contributed by atoms with Crippen molar-refractivity contribution >= 4 is 51.4 Å². The fourth-order valence-electron chi connectivity index (χ4n) is 3.02. The largest absolute Gasteiger partial charge is 0.357 e. The summed E-state index contributed by atoms with van der Waals surface area (Å²) in [6.07, 6.45) is 0.686. The van der Waals surface area contributed by atoms with Crippen molar-refractivity contribution in [2.75, 3.05) is 31.1 Å². The SMILES string of the molecule is CCNC(=NCC(C)(C)c1ccc(F)cc1Cl)NCC1CCS(=O)(=O)C1.I. The predicted octanol–water partition coefficient (Wildman–Crippen LogP) is 3.36. The molecular formula is C18H28ClFIN3O2S. The summed E-state index contributed by atoms with van der Waals surface area (Å²) < 4.78 is 36.4. The first-order valence-electron chi connectivity index (χ1n) is 8.81. The molecule has 0 aromatic heterocycles. The number of sulfone groups is 1. The van der Waals surface area contributed by atoms with Gasteiger partial charge in [0.25, 0.3) is 0 Å². The van der Waals surface area contributed by atoms with Crippen molar-refractivity contribution in [1.29, 1.82) is 0 Å². The second-order valence-electron chi connectivity index (χ2n) is 7.35. The van der Waals surface area contributed by atoms with Crippen molar-refractivity contribution in [3.8, 4) is 0 Å². The lowest BCUT2D eigenvalue weighted by Gasteiger charge is -2.25. The third-order valence-electron chi connectivity index (χ3n) is 4.52. The van der Waals surface area contributed by atoms with E-state index >= 15 is 0 Å². The molecule has 2 rings (SSSR count). The molecule has 0 saturated carbocycles. The molecule has 27 heavy (non-hydrogen) atoms. The summed E-state index contributed by atoms with van der Waals surface area (Å²) in [6, 6.07) is 4.40. The van der Waals surface area contributed by atoms with Gasteiger partial charge in [0.15, 0.2) is 15.8 Å². The first kappa shape index (κ1) is 24.4. The van der Waals surface area contributed by atoms with E-state index in [2.05, 4.69) is 15.6 Å². The highest BCUT2D eigenvalue weighted by Crippen LogP contribution is 2.30. The molecular weight excluding hydrogens is 504 g/mol. The summed E-state index contributed by atoms with van der Waals surface area (Å²) in [7, 11) is -2.88. The van der Waals surface area contributed by atoms with Gasteiger partial charge in [-0.05, 0) is 37.0 Å². The Morgan fingerprint density at radius 3 is 2.63 bits per heavy atom. The number of rotatable bonds is 6. The van der Waals surface area contributed by atoms with Crippen LogP contribution in [0.1, 0.15) is 32.8 Å². The monoisotopic (exact) mass is 531 g/mol. The van der Waals surface area contributed by atoms with E-state index in [0.29, 0.717) is 37.0 Å². The Hall–Kier alpha value is -0.610. The van der Waals surface area contributed by atoms with Crippen molar-refractivity contribution in [1.82, 2.24) is 10.6 Å². The minimum absolute atomic E-state index is 0. The number of hydrogen-bond donors (Lipinski definition) is 2. The predicted molar refractivity (Wildman–Crippen MR) is 121 cm³/mol. The topological polar surface area (TPSA) is 70.6 Å². The first-order valence-corrected chi connectivity index (χ1v) is 11.0. The van der Waals surface area contributed by atoms with Gasteiger partial charge in [0.1, 0.15) is 5.82 Å². The van der Waals surface area contributed by atoms with Crippen LogP contribution in [0.15, 0.2) is 23.2 Å². The van der Waals surface area contributed by atoms with Crippen LogP contribution >= 0.6 is 35.6 Å². The van der Waals surface area contributed by atoms with E-state index in [9.17, 15) is 12.8 Å². The van der Waals surface area contributed by atoms with Crippen molar-refractivity contribution in [2.24, 2.45) is 10.9 Å². The number of hydrogen-bond acceptors (Lipinski definition) is 3. The Kier molecular flexibility index (Phi) is 9.27. The molecule has 9 heteroatoms. The molecule has 154 valence electrons. The Morgan fingerprint density at radius 1 is 1.37 bits per heavy atom. The zero-order valence-electron chi connectivity index (χ0n) is 15.9. The molecule has 1 aromatic carbocycles. The second-order valence-corrected chi connectivity index (χ2v) is 9.99. The van der Waals surface area contributed by atoms with E-state index in [1.54, 1.807) is 6.07 Å². The molecule has 2 N–H and O–H groups in total. The summed E-state index contributed by atoms with van der Waals surface area (Å²) in [5.74, 6) is 0.894. The molecule has 1 atom stereocenters. The van der Waals surface area contributed by atoms with Crippen molar-refractivity contribution in [3.63, 3.8) is 0 Å². The summed E-state index contributed by atoms with van der Waals surface area (Å²) in [4.78, 5) is 4.61. The van der Waals surface area contributed by atoms with Gasteiger partial charge in [-0.1, -0.05) is 31.5 Å². The van der Waals surface area contributed by atoms with Gasteiger partial charge < -0.3 is 10.6 Å². The molecule has 1 aromatic rings. The summed E-state index contributed by atoms with van der Waals surface area (Å²) in [5, 5.41) is 6.79. The Labute approximate surface area is 183 Å². The van der Waals surface area contributed by atoms with Gasteiger partial charge in [0.2, 0.25) is 0 Å². The van der Waals surface area contributed by atoms with E-state index < -0.39 is 9.84 Å². The van der Waals surface area contributed by atoms with Crippen LogP contribution in [-0.2, 0) is 15.3 Å². The average molecular weight is 532 g/mol. The number of guanidine groups is 1. The van der Waals surface area contributed by atoms with E-state index in [-0.39, 0.29) is 52.6 Å². The number of nitrogens with zero attached hydrogens (tertiary/aromatic N) is 1. The van der Waals surface area contributed by atoms with Crippen LogP contribution in [-0.4, -0.2) is 45.5 Å². The highest BCUT2D eigenvalue weighted by Gasteiger charge is 2.28. The van der Waals surface area contributed by atoms with Crippen LogP contribution < -0.4 is 10.6 Å². The maximum absolute atomic E-state index is 13.3. The molecule has 1 aliphatic rings. The molecule has 5 nitrogen and oxygen atoms in total. The van der Waals surface area contributed by atoms with E-state index in [0.717, 1.165) is 5.56 Å². The average Bonchev–Trinajstić information content (AvgIpc) is 2.89. The van der Waals surface area contributed by atoms with E-state index in [1.165, 1.54) is 12.1 Å². The fraction of sp³-hybridized carbons (Fsp3) is 0.611. The lowest BCUT2D eigenvalue weighted by atomic mass is 9.84. The number of benzene rings is 1. The Bertz CT molecular complexity index is 772. The highest BCUT2D eigenvalue weighted by atomic mass is 127. The minimum atomic E-state index is -2.88. The smallest absolute Gasteiger partial charge is 0.191 e. The Morgan fingerprint density at radius 2 is 2.07 bits per heavy atom. The van der Waals surface area contributed by atoms with Gasteiger partial charge in [-0.3, -0.25) is 4.99 Å². The van der Waals surface area contributed by atoms with E-state index in [1.807, 2.05) is 20.8 Å². The molecule has 0 bridgehead atoms. The van der Waals surface area contributed by atoms with Crippen LogP contribution in [0, 0.1) is 11.7 Å². The lowest BCUT2D eigenvalue weighted by molar-refractivity contribution is 0.530. The molecule has 0 radical (unpaired) electrons. The van der Waals surface area contributed by atoms with Crippen molar-refractivity contribution in [2.45, 2.75) is 32.6 Å². The van der Waals surface area contributed by atoms with Crippen molar-refractivity contribution < 1.29 is 12.8 Å². The van der Waals surface area contributed by atoms with E-state index in [4.69, 9.17) is 11.6 Å². The minimum Gasteiger partial charge on any atom is -0.357 e. The number of aliphatic imine (C=N–C) groups is 1. The van der Waals surface area contributed by atoms with Gasteiger partial charge in [-0.25, -0.2) is 12.8 Å². The highest BCUT2D eigenvalue weighted by molar-refractivity contribution is 14.0. The molecule has 0 amide bonds. The van der Waals surface area contributed by atoms with Gasteiger partial charge in [0.05, 0.1) is 18.1 Å². The standard InChI is InChI=1S/C18H27ClFN3O2S.HI/c1-4-21-17(22-10-13-7-8-26(24,25)11-13)23-12-18(2,3)15-6-5-14(20)9-16(15)19;/h5-6,9,13H,4,7-8,10-12H2,1-3H3,(H2,21,22,23);1H. The van der Waals surface area contributed by atoms with Gasteiger partial charge >= 0.3 is 0 Å². The van der Waals surface area contributed by atoms with Crippen LogP contribution in [0.4, 0.5) is 4.39 Å². The maximum Gasteiger partial charge on any atom is 0.191 e. The van der Waals surface area contributed by atoms with Crippen molar-refractivity contribution in [3.05, 3.63) is 34.6 Å². The van der Waals surface area contributed by atoms with Gasteiger partial charge in [-0.2, -0.15) is 0 Å². The normalized spacial score (nSPS) is 19.4. The zero-order valence-corrected chi connectivity index (χ0v) is 19.8. The van der Waals surface area contributed by atoms with Crippen LogP contribution in [0.5, 0.6) is 0 Å². The molecule has 1 aliphatic heterocycles. The van der Waals surface area contributed by atoms with Crippen LogP contribution in [0.3, 0.4) is 0 Å². The number of nitrogens with one attached hydrogen (secondary N) is 2. The fourth-order valence-corrected chi connectivity index (χ4v) is 5.30. The maximum atomic E-state index is 13.3. The third-order valence-corrected chi connectivity index (χ3v) is 6.67. The molecule has 0 aliphatic carbocycles. The molecule has 1 fully saturated rings. The molecule has 1 saturated heterocycles. The quantitative estimate of drug-likeness (QED) is 0.336. The first-order chi connectivity index (χ1) is 12.1. The number of halogens is 3. The lowest BCUT2D eigenvalue weighted by Crippen LogP contribution is -2.41. The molecule has 0 spiro atoms. The molecule has 1 unspecified atom stereocenters. The van der Waals surface area contributed by atoms with Gasteiger partial charge in [0, 0.05) is 23.5 Å². The van der Waals surface area contributed by atoms with Crippen LogP contribution in [0.2, 0.25) is 5.02 Å². The Balaban J connectivity index is 0.00000364. The zero-order chi connectivity index (χ0) is 19.4.